The number of aliphatic hydroxyl groups excluding tert-OH is 1. The van der Waals surface area contributed by atoms with Gasteiger partial charge in [0, 0.05) is 6.54 Å². The Morgan fingerprint density at radius 1 is 1.57 bits per heavy atom. The number of benzene rings is 1. The zero-order valence-corrected chi connectivity index (χ0v) is 11.4. The summed E-state index contributed by atoms with van der Waals surface area (Å²) in [6.45, 7) is 1.97. The highest BCUT2D eigenvalue weighted by Crippen LogP contribution is 2.15. The smallest absolute Gasteiger partial charge is 0.306 e. The van der Waals surface area contributed by atoms with Crippen molar-refractivity contribution in [2.45, 2.75) is 19.6 Å². The second kappa shape index (κ2) is 6.31. The molecule has 2 aromatic rings. The highest BCUT2D eigenvalue weighted by Gasteiger charge is 2.12. The molecule has 1 aromatic heterocycles. The molecule has 0 aliphatic rings. The molecule has 0 spiro atoms. The molecular formula is C13H15FN4O3. The maximum Gasteiger partial charge on any atom is 0.306 e. The summed E-state index contributed by atoms with van der Waals surface area (Å²) < 4.78 is 14.9. The van der Waals surface area contributed by atoms with Gasteiger partial charge in [-0.3, -0.25) is 14.8 Å². The van der Waals surface area contributed by atoms with Gasteiger partial charge in [0.1, 0.15) is 18.2 Å². The minimum atomic E-state index is -0.856. The maximum absolute atomic E-state index is 13.6. The summed E-state index contributed by atoms with van der Waals surface area (Å²) in [5.74, 6) is -0.392. The molecule has 0 amide bonds. The van der Waals surface area contributed by atoms with E-state index in [-0.39, 0.29) is 18.8 Å². The molecule has 2 rings (SSSR count). The standard InChI is InChI=1S/C13H15FN4O3/c1-9-2-3-13(12(14)4-9)15-6-11(19)8-17-7-10(5-16-17)18(20)21/h2-5,7,11,15,19H,6,8H2,1H3. The van der Waals surface area contributed by atoms with Crippen LogP contribution in [0.3, 0.4) is 0 Å². The lowest BCUT2D eigenvalue weighted by molar-refractivity contribution is -0.385. The lowest BCUT2D eigenvalue weighted by Crippen LogP contribution is -2.25. The molecule has 21 heavy (non-hydrogen) atoms. The lowest BCUT2D eigenvalue weighted by atomic mass is 10.2. The normalized spacial score (nSPS) is 12.1. The van der Waals surface area contributed by atoms with Crippen LogP contribution in [0.5, 0.6) is 0 Å². The third kappa shape index (κ3) is 3.99. The molecule has 0 saturated heterocycles. The Kier molecular flexibility index (Phi) is 4.49. The zero-order chi connectivity index (χ0) is 15.4. The van der Waals surface area contributed by atoms with Crippen molar-refractivity contribution in [3.05, 3.63) is 52.1 Å². The lowest BCUT2D eigenvalue weighted by Gasteiger charge is -2.13. The van der Waals surface area contributed by atoms with Crippen LogP contribution >= 0.6 is 0 Å². The molecule has 0 saturated carbocycles. The first-order valence-corrected chi connectivity index (χ1v) is 6.30. The molecule has 0 fully saturated rings. The minimum Gasteiger partial charge on any atom is -0.389 e. The highest BCUT2D eigenvalue weighted by atomic mass is 19.1. The topological polar surface area (TPSA) is 93.2 Å². The zero-order valence-electron chi connectivity index (χ0n) is 11.4. The molecule has 0 radical (unpaired) electrons. The van der Waals surface area contributed by atoms with E-state index in [1.165, 1.54) is 16.9 Å². The van der Waals surface area contributed by atoms with E-state index >= 15 is 0 Å². The Labute approximate surface area is 120 Å². The SMILES string of the molecule is Cc1ccc(NCC(O)Cn2cc([N+](=O)[O-])cn2)c(F)c1. The summed E-state index contributed by atoms with van der Waals surface area (Å²) in [5, 5.41) is 26.9. The summed E-state index contributed by atoms with van der Waals surface area (Å²) in [6, 6.07) is 4.75. The van der Waals surface area contributed by atoms with Gasteiger partial charge in [-0.25, -0.2) is 4.39 Å². The molecule has 0 aliphatic heterocycles. The number of nitro groups is 1. The van der Waals surface area contributed by atoms with Crippen LogP contribution in [0.1, 0.15) is 5.56 Å². The quantitative estimate of drug-likeness (QED) is 0.625. The van der Waals surface area contributed by atoms with E-state index in [2.05, 4.69) is 10.4 Å². The number of nitrogens with one attached hydrogen (secondary N) is 1. The van der Waals surface area contributed by atoms with Crippen LogP contribution < -0.4 is 5.32 Å². The van der Waals surface area contributed by atoms with Crippen LogP contribution in [0.4, 0.5) is 15.8 Å². The van der Waals surface area contributed by atoms with E-state index in [9.17, 15) is 19.6 Å². The highest BCUT2D eigenvalue weighted by molar-refractivity contribution is 5.46. The van der Waals surface area contributed by atoms with Gasteiger partial charge in [0.05, 0.1) is 23.3 Å². The van der Waals surface area contributed by atoms with Gasteiger partial charge < -0.3 is 10.4 Å². The summed E-state index contributed by atoms with van der Waals surface area (Å²) in [4.78, 5) is 9.95. The number of aliphatic hydroxyl groups is 1. The average molecular weight is 294 g/mol. The summed E-state index contributed by atoms with van der Waals surface area (Å²) in [5.41, 5.74) is 0.966. The predicted octanol–water partition coefficient (Wildman–Crippen LogP) is 1.71. The van der Waals surface area contributed by atoms with Gasteiger partial charge in [-0.2, -0.15) is 5.10 Å². The van der Waals surface area contributed by atoms with Crippen molar-refractivity contribution in [1.29, 1.82) is 0 Å². The molecule has 1 atom stereocenters. The van der Waals surface area contributed by atoms with E-state index in [0.29, 0.717) is 5.69 Å². The van der Waals surface area contributed by atoms with E-state index in [4.69, 9.17) is 0 Å². The van der Waals surface area contributed by atoms with Gasteiger partial charge in [0.15, 0.2) is 0 Å². The minimum absolute atomic E-state index is 0.0777. The average Bonchev–Trinajstić information content (AvgIpc) is 2.86. The van der Waals surface area contributed by atoms with Crippen LogP contribution in [-0.2, 0) is 6.54 Å². The fourth-order valence-corrected chi connectivity index (χ4v) is 1.82. The van der Waals surface area contributed by atoms with Gasteiger partial charge in [0.2, 0.25) is 0 Å². The first-order valence-electron chi connectivity index (χ1n) is 6.30. The fraction of sp³-hybridized carbons (Fsp3) is 0.308. The molecule has 0 aliphatic carbocycles. The first-order chi connectivity index (χ1) is 9.95. The molecule has 7 nitrogen and oxygen atoms in total. The van der Waals surface area contributed by atoms with Crippen molar-refractivity contribution in [3.63, 3.8) is 0 Å². The summed E-state index contributed by atoms with van der Waals surface area (Å²) >= 11 is 0. The van der Waals surface area contributed by atoms with Crippen molar-refractivity contribution < 1.29 is 14.4 Å². The Bertz CT molecular complexity index is 644. The van der Waals surface area contributed by atoms with Gasteiger partial charge in [-0.05, 0) is 24.6 Å². The number of nitrogens with zero attached hydrogens (tertiary/aromatic N) is 3. The number of aryl methyl sites for hydroxylation is 1. The number of anilines is 1. The maximum atomic E-state index is 13.6. The predicted molar refractivity (Wildman–Crippen MR) is 74.5 cm³/mol. The Morgan fingerprint density at radius 3 is 2.95 bits per heavy atom. The van der Waals surface area contributed by atoms with E-state index in [1.807, 2.05) is 0 Å². The number of rotatable bonds is 6. The van der Waals surface area contributed by atoms with Gasteiger partial charge >= 0.3 is 5.69 Å². The first kappa shape index (κ1) is 14.9. The van der Waals surface area contributed by atoms with Crippen molar-refractivity contribution >= 4 is 11.4 Å². The van der Waals surface area contributed by atoms with E-state index < -0.39 is 16.8 Å². The second-order valence-electron chi connectivity index (χ2n) is 4.70. The molecular weight excluding hydrogens is 279 g/mol. The summed E-state index contributed by atoms with van der Waals surface area (Å²) in [7, 11) is 0. The number of halogens is 1. The van der Waals surface area contributed by atoms with E-state index in [1.54, 1.807) is 19.1 Å². The van der Waals surface area contributed by atoms with Crippen molar-refractivity contribution in [2.24, 2.45) is 0 Å². The molecule has 1 heterocycles. The Balaban J connectivity index is 1.89. The van der Waals surface area contributed by atoms with Gasteiger partial charge in [-0.1, -0.05) is 6.07 Å². The third-order valence-electron chi connectivity index (χ3n) is 2.88. The van der Waals surface area contributed by atoms with Crippen LogP contribution in [0, 0.1) is 22.9 Å². The number of aromatic nitrogens is 2. The van der Waals surface area contributed by atoms with Crippen molar-refractivity contribution in [3.8, 4) is 0 Å². The second-order valence-corrected chi connectivity index (χ2v) is 4.70. The largest absolute Gasteiger partial charge is 0.389 e. The van der Waals surface area contributed by atoms with Crippen LogP contribution in [0.25, 0.3) is 0 Å². The molecule has 8 heteroatoms. The van der Waals surface area contributed by atoms with E-state index in [0.717, 1.165) is 11.8 Å². The van der Waals surface area contributed by atoms with Crippen molar-refractivity contribution in [2.75, 3.05) is 11.9 Å². The third-order valence-corrected chi connectivity index (χ3v) is 2.88. The fourth-order valence-electron chi connectivity index (χ4n) is 1.82. The molecule has 1 aromatic carbocycles. The number of hydrogen-bond donors (Lipinski definition) is 2. The number of hydrogen-bond acceptors (Lipinski definition) is 5. The van der Waals surface area contributed by atoms with Gasteiger partial charge in [-0.15, -0.1) is 0 Å². The molecule has 0 bridgehead atoms. The molecule has 2 N–H and O–H groups in total. The Morgan fingerprint density at radius 2 is 2.33 bits per heavy atom. The monoisotopic (exact) mass is 294 g/mol. The van der Waals surface area contributed by atoms with Crippen LogP contribution in [0.2, 0.25) is 0 Å². The summed E-state index contributed by atoms with van der Waals surface area (Å²) in [6.07, 6.45) is 1.49. The van der Waals surface area contributed by atoms with Gasteiger partial charge in [0.25, 0.3) is 0 Å². The van der Waals surface area contributed by atoms with Crippen molar-refractivity contribution in [1.82, 2.24) is 9.78 Å². The van der Waals surface area contributed by atoms with Crippen LogP contribution in [0.15, 0.2) is 30.6 Å². The molecule has 1 unspecified atom stereocenters. The molecule has 112 valence electrons. The van der Waals surface area contributed by atoms with Crippen LogP contribution in [-0.4, -0.2) is 32.5 Å². The Hall–Kier alpha value is -2.48.